The van der Waals surface area contributed by atoms with E-state index in [-0.39, 0.29) is 18.4 Å². The molecule has 0 atom stereocenters. The molecule has 0 aliphatic rings. The van der Waals surface area contributed by atoms with Crippen LogP contribution in [0.2, 0.25) is 5.02 Å². The van der Waals surface area contributed by atoms with Crippen LogP contribution in [0.5, 0.6) is 0 Å². The predicted octanol–water partition coefficient (Wildman–Crippen LogP) is 4.60. The summed E-state index contributed by atoms with van der Waals surface area (Å²) in [7, 11) is 0. The van der Waals surface area contributed by atoms with Crippen molar-refractivity contribution >= 4 is 40.7 Å². The van der Waals surface area contributed by atoms with Gasteiger partial charge in [-0.1, -0.05) is 37.6 Å². The molecule has 2 aromatic rings. The molecule has 0 fully saturated rings. The molecule has 2 aromatic carbocycles. The van der Waals surface area contributed by atoms with Crippen LogP contribution in [0.3, 0.4) is 0 Å². The predicted molar refractivity (Wildman–Crippen MR) is 105 cm³/mol. The fourth-order valence-corrected chi connectivity index (χ4v) is 2.25. The lowest BCUT2D eigenvalue weighted by Crippen LogP contribution is -2.21. The summed E-state index contributed by atoms with van der Waals surface area (Å²) < 4.78 is 5.08. The number of hydrogen-bond acceptors (Lipinski definition) is 4. The Bertz CT molecular complexity index is 765. The monoisotopic (exact) mass is 375 g/mol. The lowest BCUT2D eigenvalue weighted by Gasteiger charge is -2.11. The fraction of sp³-hybridized carbons (Fsp3) is 0.263. The van der Waals surface area contributed by atoms with Crippen LogP contribution in [0.1, 0.15) is 13.8 Å². The van der Waals surface area contributed by atoms with Gasteiger partial charge in [0.1, 0.15) is 0 Å². The third-order valence-corrected chi connectivity index (χ3v) is 3.45. The first-order chi connectivity index (χ1) is 12.4. The number of carbonyl (C=O) groups excluding carboxylic acids is 2. The van der Waals surface area contributed by atoms with Gasteiger partial charge in [0.25, 0.3) is 0 Å². The van der Waals surface area contributed by atoms with Gasteiger partial charge in [-0.25, -0.2) is 4.79 Å². The second-order valence-electron chi connectivity index (χ2n) is 6.11. The van der Waals surface area contributed by atoms with Gasteiger partial charge >= 0.3 is 6.09 Å². The quantitative estimate of drug-likeness (QED) is 0.661. The zero-order chi connectivity index (χ0) is 18.9. The summed E-state index contributed by atoms with van der Waals surface area (Å²) in [5.74, 6) is 0.0636. The molecule has 26 heavy (non-hydrogen) atoms. The minimum atomic E-state index is -0.505. The number of rotatable bonds is 7. The normalized spacial score (nSPS) is 10.3. The van der Waals surface area contributed by atoms with Crippen molar-refractivity contribution in [3.63, 3.8) is 0 Å². The minimum Gasteiger partial charge on any atom is -0.449 e. The van der Waals surface area contributed by atoms with Gasteiger partial charge in [0.15, 0.2) is 0 Å². The zero-order valence-electron chi connectivity index (χ0n) is 14.7. The molecule has 2 rings (SSSR count). The Morgan fingerprint density at radius 1 is 1.00 bits per heavy atom. The zero-order valence-corrected chi connectivity index (χ0v) is 15.5. The maximum Gasteiger partial charge on any atom is 0.411 e. The summed E-state index contributed by atoms with van der Waals surface area (Å²) in [4.78, 5) is 23.7. The largest absolute Gasteiger partial charge is 0.449 e. The maximum absolute atomic E-state index is 12.0. The van der Waals surface area contributed by atoms with E-state index in [0.717, 1.165) is 0 Å². The van der Waals surface area contributed by atoms with Crippen LogP contribution in [0, 0.1) is 5.92 Å². The average molecular weight is 376 g/mol. The highest BCUT2D eigenvalue weighted by molar-refractivity contribution is 6.30. The second kappa shape index (κ2) is 9.68. The van der Waals surface area contributed by atoms with E-state index < -0.39 is 6.09 Å². The second-order valence-corrected chi connectivity index (χ2v) is 6.55. The summed E-state index contributed by atoms with van der Waals surface area (Å²) in [6.45, 7) is 4.36. The van der Waals surface area contributed by atoms with E-state index >= 15 is 0 Å². The van der Waals surface area contributed by atoms with Gasteiger partial charge in [0.05, 0.1) is 13.2 Å². The van der Waals surface area contributed by atoms with Crippen LogP contribution in [-0.4, -0.2) is 25.2 Å². The van der Waals surface area contributed by atoms with Gasteiger partial charge in [-0.15, -0.1) is 0 Å². The third-order valence-electron chi connectivity index (χ3n) is 3.22. The van der Waals surface area contributed by atoms with Gasteiger partial charge < -0.3 is 15.4 Å². The molecule has 138 valence electrons. The van der Waals surface area contributed by atoms with Gasteiger partial charge in [0, 0.05) is 22.1 Å². The van der Waals surface area contributed by atoms with Crippen molar-refractivity contribution in [2.24, 2.45) is 5.92 Å². The molecule has 6 nitrogen and oxygen atoms in total. The van der Waals surface area contributed by atoms with Crippen LogP contribution in [0.15, 0.2) is 48.5 Å². The van der Waals surface area contributed by atoms with Gasteiger partial charge in [0.2, 0.25) is 5.91 Å². The summed E-state index contributed by atoms with van der Waals surface area (Å²) in [5.41, 5.74) is 1.92. The molecule has 0 spiro atoms. The molecular weight excluding hydrogens is 354 g/mol. The number of carbonyl (C=O) groups is 2. The molecular formula is C19H22ClN3O3. The first kappa shape index (κ1) is 19.6. The Kier molecular flexibility index (Phi) is 7.29. The van der Waals surface area contributed by atoms with Crippen molar-refractivity contribution in [2.45, 2.75) is 13.8 Å². The van der Waals surface area contributed by atoms with Crippen LogP contribution < -0.4 is 16.0 Å². The lowest BCUT2D eigenvalue weighted by molar-refractivity contribution is -0.114. The minimum absolute atomic E-state index is 0.0771. The van der Waals surface area contributed by atoms with E-state index in [4.69, 9.17) is 16.3 Å². The van der Waals surface area contributed by atoms with E-state index in [1.165, 1.54) is 0 Å². The molecule has 0 bridgehead atoms. The highest BCUT2D eigenvalue weighted by Crippen LogP contribution is 2.16. The molecule has 7 heteroatoms. The van der Waals surface area contributed by atoms with Crippen LogP contribution in [0.4, 0.5) is 21.9 Å². The third kappa shape index (κ3) is 7.03. The SMILES string of the molecule is CC(C)COC(=O)Nc1cccc(NCC(=O)Nc2cccc(Cl)c2)c1. The van der Waals surface area contributed by atoms with Crippen molar-refractivity contribution in [3.8, 4) is 0 Å². The molecule has 0 saturated carbocycles. The van der Waals surface area contributed by atoms with Gasteiger partial charge in [-0.05, 0) is 42.3 Å². The smallest absolute Gasteiger partial charge is 0.411 e. The lowest BCUT2D eigenvalue weighted by atomic mass is 10.2. The number of anilines is 3. The summed E-state index contributed by atoms with van der Waals surface area (Å²) in [5, 5.41) is 8.97. The topological polar surface area (TPSA) is 79.5 Å². The number of benzene rings is 2. The molecule has 0 aromatic heterocycles. The highest BCUT2D eigenvalue weighted by Gasteiger charge is 2.06. The molecule has 0 saturated heterocycles. The van der Waals surface area contributed by atoms with Crippen LogP contribution >= 0.6 is 11.6 Å². The molecule has 0 aliphatic carbocycles. The fourth-order valence-electron chi connectivity index (χ4n) is 2.06. The Labute approximate surface area is 157 Å². The molecule has 0 unspecified atom stereocenters. The number of amides is 2. The van der Waals surface area contributed by atoms with Crippen molar-refractivity contribution in [1.82, 2.24) is 0 Å². The van der Waals surface area contributed by atoms with E-state index in [2.05, 4.69) is 16.0 Å². The van der Waals surface area contributed by atoms with Crippen LogP contribution in [0.25, 0.3) is 0 Å². The standard InChI is InChI=1S/C19H22ClN3O3/c1-13(2)12-26-19(25)23-17-8-4-6-15(10-17)21-11-18(24)22-16-7-3-5-14(20)9-16/h3-10,13,21H,11-12H2,1-2H3,(H,22,24)(H,23,25). The highest BCUT2D eigenvalue weighted by atomic mass is 35.5. The maximum atomic E-state index is 12.0. The number of nitrogens with one attached hydrogen (secondary N) is 3. The van der Waals surface area contributed by atoms with E-state index in [9.17, 15) is 9.59 Å². The molecule has 3 N–H and O–H groups in total. The van der Waals surface area contributed by atoms with Gasteiger partial charge in [-0.3, -0.25) is 10.1 Å². The van der Waals surface area contributed by atoms with Crippen molar-refractivity contribution in [3.05, 3.63) is 53.6 Å². The number of ether oxygens (including phenoxy) is 1. The van der Waals surface area contributed by atoms with Crippen LogP contribution in [-0.2, 0) is 9.53 Å². The Hall–Kier alpha value is -2.73. The Balaban J connectivity index is 1.84. The molecule has 2 amide bonds. The first-order valence-corrected chi connectivity index (χ1v) is 8.63. The Morgan fingerprint density at radius 2 is 1.65 bits per heavy atom. The molecule has 0 heterocycles. The van der Waals surface area contributed by atoms with Crippen molar-refractivity contribution < 1.29 is 14.3 Å². The van der Waals surface area contributed by atoms with Gasteiger partial charge in [-0.2, -0.15) is 0 Å². The van der Waals surface area contributed by atoms with E-state index in [1.54, 1.807) is 48.5 Å². The summed E-state index contributed by atoms with van der Waals surface area (Å²) >= 11 is 5.89. The van der Waals surface area contributed by atoms with Crippen molar-refractivity contribution in [2.75, 3.05) is 29.1 Å². The number of hydrogen-bond donors (Lipinski definition) is 3. The first-order valence-electron chi connectivity index (χ1n) is 8.25. The summed E-state index contributed by atoms with van der Waals surface area (Å²) in [6.07, 6.45) is -0.505. The number of halogens is 1. The Morgan fingerprint density at radius 3 is 2.35 bits per heavy atom. The summed E-state index contributed by atoms with van der Waals surface area (Å²) in [6, 6.07) is 14.0. The van der Waals surface area contributed by atoms with E-state index in [0.29, 0.717) is 28.7 Å². The van der Waals surface area contributed by atoms with Crippen molar-refractivity contribution in [1.29, 1.82) is 0 Å². The van der Waals surface area contributed by atoms with E-state index in [1.807, 2.05) is 13.8 Å². The molecule has 0 aliphatic heterocycles. The molecule has 0 radical (unpaired) electrons. The average Bonchev–Trinajstić information content (AvgIpc) is 2.58.